The van der Waals surface area contributed by atoms with E-state index in [-0.39, 0.29) is 11.0 Å². The maximum Gasteiger partial charge on any atom is 0.132 e. The number of hydrogen-bond donors (Lipinski definition) is 0. The van der Waals surface area contributed by atoms with Crippen molar-refractivity contribution in [3.8, 4) is 12.1 Å². The Labute approximate surface area is 159 Å². The topological polar surface area (TPSA) is 60.0 Å². The van der Waals surface area contributed by atoms with Crippen molar-refractivity contribution >= 4 is 22.4 Å². The van der Waals surface area contributed by atoms with Crippen molar-refractivity contribution in [2.45, 2.75) is 26.7 Å². The molecule has 0 saturated carbocycles. The molecule has 0 radical (unpaired) electrons. The zero-order chi connectivity index (χ0) is 18.6. The lowest BCUT2D eigenvalue weighted by atomic mass is 9.74. The van der Waals surface area contributed by atoms with Gasteiger partial charge in [-0.1, -0.05) is 26.0 Å². The maximum absolute atomic E-state index is 9.18. The molecule has 0 N–H and O–H groups in total. The van der Waals surface area contributed by atoms with Crippen LogP contribution in [-0.4, -0.2) is 26.3 Å². The Morgan fingerprint density at radius 3 is 2.58 bits per heavy atom. The normalized spacial score (nSPS) is 19.8. The summed E-state index contributed by atoms with van der Waals surface area (Å²) in [5.74, 6) is 0. The minimum atomic E-state index is 0.0527. The Bertz CT molecular complexity index is 823. The van der Waals surface area contributed by atoms with Crippen LogP contribution in [-0.2, 0) is 4.74 Å². The Morgan fingerprint density at radius 2 is 1.88 bits per heavy atom. The molecule has 0 amide bonds. The van der Waals surface area contributed by atoms with Gasteiger partial charge in [-0.2, -0.15) is 10.5 Å². The average Bonchev–Trinajstić information content (AvgIpc) is 3.10. The largest absolute Gasteiger partial charge is 0.378 e. The van der Waals surface area contributed by atoms with Gasteiger partial charge in [-0.3, -0.25) is 0 Å². The van der Waals surface area contributed by atoms with E-state index in [0.29, 0.717) is 0 Å². The van der Waals surface area contributed by atoms with E-state index >= 15 is 0 Å². The second kappa shape index (κ2) is 7.91. The highest BCUT2D eigenvalue weighted by Gasteiger charge is 2.26. The Balaban J connectivity index is 1.79. The van der Waals surface area contributed by atoms with E-state index < -0.39 is 0 Å². The second-order valence-electron chi connectivity index (χ2n) is 7.47. The highest BCUT2D eigenvalue weighted by molar-refractivity contribution is 7.16. The van der Waals surface area contributed by atoms with E-state index in [1.54, 1.807) is 11.3 Å². The number of morpholine rings is 1. The lowest BCUT2D eigenvalue weighted by Crippen LogP contribution is -2.35. The molecule has 1 aliphatic heterocycles. The molecule has 0 spiro atoms. The summed E-state index contributed by atoms with van der Waals surface area (Å²) in [5, 5.41) is 19.6. The predicted molar refractivity (Wildman–Crippen MR) is 106 cm³/mol. The predicted octanol–water partition coefficient (Wildman–Crippen LogP) is 4.69. The molecule has 2 aliphatic rings. The Hall–Kier alpha value is -2.34. The fourth-order valence-electron chi connectivity index (χ4n) is 3.47. The summed E-state index contributed by atoms with van der Waals surface area (Å²) in [6, 6.07) is 8.38. The van der Waals surface area contributed by atoms with Crippen molar-refractivity contribution in [1.29, 1.82) is 10.5 Å². The number of nitriles is 2. The lowest BCUT2D eigenvalue weighted by molar-refractivity contribution is 0.123. The third-order valence-electron chi connectivity index (χ3n) is 4.65. The molecular weight excluding hydrogens is 342 g/mol. The minimum Gasteiger partial charge on any atom is -0.378 e. The quantitative estimate of drug-likeness (QED) is 0.729. The monoisotopic (exact) mass is 365 g/mol. The number of nitrogens with zero attached hydrogens (tertiary/aromatic N) is 3. The fraction of sp³-hybridized carbons (Fsp3) is 0.429. The molecule has 0 aromatic carbocycles. The van der Waals surface area contributed by atoms with Crippen LogP contribution < -0.4 is 4.90 Å². The first kappa shape index (κ1) is 18.5. The highest BCUT2D eigenvalue weighted by Crippen LogP contribution is 2.39. The molecule has 2 heterocycles. The zero-order valence-corrected chi connectivity index (χ0v) is 16.1. The molecule has 1 saturated heterocycles. The van der Waals surface area contributed by atoms with Crippen molar-refractivity contribution in [2.24, 2.45) is 5.41 Å². The van der Waals surface area contributed by atoms with Gasteiger partial charge in [-0.05, 0) is 47.6 Å². The first-order chi connectivity index (χ1) is 12.5. The number of anilines is 1. The van der Waals surface area contributed by atoms with Gasteiger partial charge in [-0.25, -0.2) is 0 Å². The minimum absolute atomic E-state index is 0.0527. The molecule has 0 atom stereocenters. The number of ether oxygens (including phenoxy) is 1. The number of hydrogen-bond acceptors (Lipinski definition) is 5. The van der Waals surface area contributed by atoms with E-state index in [9.17, 15) is 10.5 Å². The van der Waals surface area contributed by atoms with Crippen molar-refractivity contribution < 1.29 is 4.74 Å². The van der Waals surface area contributed by atoms with Gasteiger partial charge >= 0.3 is 0 Å². The molecule has 1 aromatic heterocycles. The molecule has 0 unspecified atom stereocenters. The molecule has 134 valence electrons. The SMILES string of the molecule is CC1(C)CC(/C=C/c2ccc(N3CCOCC3)s2)=CC(=C(C#N)C#N)C1. The van der Waals surface area contributed by atoms with Crippen LogP contribution >= 0.6 is 11.3 Å². The third kappa shape index (κ3) is 4.43. The maximum atomic E-state index is 9.18. The van der Waals surface area contributed by atoms with Crippen LogP contribution in [0.3, 0.4) is 0 Å². The van der Waals surface area contributed by atoms with Crippen LogP contribution in [0, 0.1) is 28.1 Å². The first-order valence-electron chi connectivity index (χ1n) is 8.85. The van der Waals surface area contributed by atoms with E-state index in [1.165, 1.54) is 15.5 Å². The molecule has 5 heteroatoms. The van der Waals surface area contributed by atoms with E-state index in [2.05, 4.69) is 43.0 Å². The summed E-state index contributed by atoms with van der Waals surface area (Å²) in [6.45, 7) is 7.84. The van der Waals surface area contributed by atoms with Crippen LogP contribution in [0.25, 0.3) is 6.08 Å². The lowest BCUT2D eigenvalue weighted by Gasteiger charge is -2.30. The number of rotatable bonds is 3. The standard InChI is InChI=1S/C21H23N3OS/c1-21(2)12-16(11-17(13-21)18(14-22)15-23)3-4-19-5-6-20(26-19)24-7-9-25-10-8-24/h3-6,11H,7-10,12-13H2,1-2H3/b4-3+. The highest BCUT2D eigenvalue weighted by atomic mass is 32.1. The van der Waals surface area contributed by atoms with E-state index in [4.69, 9.17) is 4.74 Å². The van der Waals surface area contributed by atoms with Crippen molar-refractivity contribution in [3.63, 3.8) is 0 Å². The molecule has 1 aromatic rings. The van der Waals surface area contributed by atoms with Crippen LogP contribution in [0.4, 0.5) is 5.00 Å². The van der Waals surface area contributed by atoms with Gasteiger partial charge in [-0.15, -0.1) is 11.3 Å². The molecule has 26 heavy (non-hydrogen) atoms. The van der Waals surface area contributed by atoms with Gasteiger partial charge < -0.3 is 9.64 Å². The Kier molecular flexibility index (Phi) is 5.61. The average molecular weight is 366 g/mol. The van der Waals surface area contributed by atoms with Crippen LogP contribution in [0.5, 0.6) is 0 Å². The van der Waals surface area contributed by atoms with Gasteiger partial charge in [0.05, 0.1) is 18.2 Å². The molecule has 4 nitrogen and oxygen atoms in total. The van der Waals surface area contributed by atoms with Gasteiger partial charge in [0.1, 0.15) is 17.7 Å². The zero-order valence-electron chi connectivity index (χ0n) is 15.3. The molecule has 3 rings (SSSR count). The summed E-state index contributed by atoms with van der Waals surface area (Å²) in [6.07, 6.45) is 7.99. The summed E-state index contributed by atoms with van der Waals surface area (Å²) in [5.41, 5.74) is 2.30. The first-order valence-corrected chi connectivity index (χ1v) is 9.67. The summed E-state index contributed by atoms with van der Waals surface area (Å²) in [7, 11) is 0. The second-order valence-corrected chi connectivity index (χ2v) is 8.56. The molecule has 1 aliphatic carbocycles. The van der Waals surface area contributed by atoms with Gasteiger partial charge in [0.15, 0.2) is 0 Å². The van der Waals surface area contributed by atoms with Crippen molar-refractivity contribution in [3.05, 3.63) is 45.9 Å². The molecular formula is C21H23N3OS. The molecule has 1 fully saturated rings. The third-order valence-corrected chi connectivity index (χ3v) is 5.76. The number of allylic oxidation sites excluding steroid dienone is 5. The van der Waals surface area contributed by atoms with Crippen LogP contribution in [0.2, 0.25) is 0 Å². The fourth-order valence-corrected chi connectivity index (χ4v) is 4.43. The molecule has 0 bridgehead atoms. The van der Waals surface area contributed by atoms with Crippen molar-refractivity contribution in [2.75, 3.05) is 31.2 Å². The summed E-state index contributed by atoms with van der Waals surface area (Å²) in [4.78, 5) is 3.57. The summed E-state index contributed by atoms with van der Waals surface area (Å²) >= 11 is 1.78. The smallest absolute Gasteiger partial charge is 0.132 e. The number of thiophene rings is 1. The van der Waals surface area contributed by atoms with Gasteiger partial charge in [0, 0.05) is 18.0 Å². The van der Waals surface area contributed by atoms with Crippen molar-refractivity contribution in [1.82, 2.24) is 0 Å². The van der Waals surface area contributed by atoms with Gasteiger partial charge in [0.25, 0.3) is 0 Å². The summed E-state index contributed by atoms with van der Waals surface area (Å²) < 4.78 is 5.41. The van der Waals surface area contributed by atoms with E-state index in [0.717, 1.165) is 44.7 Å². The van der Waals surface area contributed by atoms with Crippen LogP contribution in [0.1, 0.15) is 31.6 Å². The van der Waals surface area contributed by atoms with E-state index in [1.807, 2.05) is 18.2 Å². The van der Waals surface area contributed by atoms with Gasteiger partial charge in [0.2, 0.25) is 0 Å². The van der Waals surface area contributed by atoms with Crippen LogP contribution in [0.15, 0.2) is 41.0 Å². The Morgan fingerprint density at radius 1 is 1.15 bits per heavy atom.